The highest BCUT2D eigenvalue weighted by molar-refractivity contribution is 5.72. The number of allylic oxidation sites excluding steroid dienone is 3. The monoisotopic (exact) mass is 281 g/mol. The van der Waals surface area contributed by atoms with Gasteiger partial charge in [0, 0.05) is 17.0 Å². The van der Waals surface area contributed by atoms with Gasteiger partial charge in [0.15, 0.2) is 0 Å². The first-order valence-corrected chi connectivity index (χ1v) is 7.96. The van der Waals surface area contributed by atoms with Gasteiger partial charge in [0.1, 0.15) is 0 Å². The van der Waals surface area contributed by atoms with E-state index in [9.17, 15) is 0 Å². The van der Waals surface area contributed by atoms with Gasteiger partial charge in [-0.3, -0.25) is 0 Å². The molecule has 0 spiro atoms. The Morgan fingerprint density at radius 3 is 2.52 bits per heavy atom. The van der Waals surface area contributed by atoms with Crippen LogP contribution >= 0.6 is 0 Å². The highest BCUT2D eigenvalue weighted by Crippen LogP contribution is 2.27. The van der Waals surface area contributed by atoms with Crippen LogP contribution in [0.1, 0.15) is 62.6 Å². The summed E-state index contributed by atoms with van der Waals surface area (Å²) in [5.74, 6) is 0. The molecule has 0 unspecified atom stereocenters. The summed E-state index contributed by atoms with van der Waals surface area (Å²) in [5.41, 5.74) is 8.71. The second-order valence-electron chi connectivity index (χ2n) is 6.06. The van der Waals surface area contributed by atoms with Crippen molar-refractivity contribution in [2.24, 2.45) is 0 Å². The fourth-order valence-electron chi connectivity index (χ4n) is 2.85. The van der Waals surface area contributed by atoms with Crippen LogP contribution in [0.15, 0.2) is 42.6 Å². The van der Waals surface area contributed by atoms with Gasteiger partial charge in [0.05, 0.1) is 0 Å². The maximum absolute atomic E-state index is 4.27. The summed E-state index contributed by atoms with van der Waals surface area (Å²) in [6.45, 7) is 14.9. The Balaban J connectivity index is 2.24. The van der Waals surface area contributed by atoms with E-state index >= 15 is 0 Å². The SMILES string of the molecule is C=C(CC)c1ccc(C)c(C(=C)NC2=C(C)CCCC2)c1. The highest BCUT2D eigenvalue weighted by atomic mass is 14.9. The molecule has 1 aliphatic rings. The maximum Gasteiger partial charge on any atom is 0.0385 e. The normalized spacial score (nSPS) is 15.0. The van der Waals surface area contributed by atoms with Crippen molar-refractivity contribution in [3.05, 3.63) is 59.3 Å². The van der Waals surface area contributed by atoms with E-state index in [4.69, 9.17) is 0 Å². The van der Waals surface area contributed by atoms with Crippen LogP contribution in [0.5, 0.6) is 0 Å². The maximum atomic E-state index is 4.27. The summed E-state index contributed by atoms with van der Waals surface area (Å²) in [5, 5.41) is 3.57. The summed E-state index contributed by atoms with van der Waals surface area (Å²) < 4.78 is 0. The van der Waals surface area contributed by atoms with Crippen LogP contribution in [-0.4, -0.2) is 0 Å². The average Bonchev–Trinajstić information content (AvgIpc) is 2.49. The molecule has 112 valence electrons. The lowest BCUT2D eigenvalue weighted by atomic mass is 9.95. The van der Waals surface area contributed by atoms with Gasteiger partial charge >= 0.3 is 0 Å². The van der Waals surface area contributed by atoms with Crippen LogP contribution in [0.3, 0.4) is 0 Å². The minimum absolute atomic E-state index is 0.979. The predicted octanol–water partition coefficient (Wildman–Crippen LogP) is 5.83. The summed E-state index contributed by atoms with van der Waals surface area (Å²) in [6, 6.07) is 6.54. The molecule has 21 heavy (non-hydrogen) atoms. The molecule has 0 fully saturated rings. The molecule has 1 aromatic carbocycles. The van der Waals surface area contributed by atoms with Crippen LogP contribution in [-0.2, 0) is 0 Å². The van der Waals surface area contributed by atoms with Gasteiger partial charge in [-0.05, 0) is 68.7 Å². The summed E-state index contributed by atoms with van der Waals surface area (Å²) in [4.78, 5) is 0. The molecule has 1 N–H and O–H groups in total. The van der Waals surface area contributed by atoms with Crippen LogP contribution in [0, 0.1) is 6.92 Å². The molecule has 1 heteroatoms. The van der Waals surface area contributed by atoms with E-state index in [1.807, 2.05) is 0 Å². The lowest BCUT2D eigenvalue weighted by Gasteiger charge is -2.22. The second-order valence-corrected chi connectivity index (χ2v) is 6.06. The number of benzene rings is 1. The Labute approximate surface area is 129 Å². The number of rotatable bonds is 5. The standard InChI is InChI=1S/C20H27N/c1-6-14(2)18-12-11-15(3)19(13-18)17(5)21-20-10-8-7-9-16(20)4/h11-13,21H,2,5-10H2,1,3-4H3. The molecular weight excluding hydrogens is 254 g/mol. The first kappa shape index (κ1) is 15.6. The van der Waals surface area contributed by atoms with Crippen LogP contribution < -0.4 is 5.32 Å². The molecule has 0 saturated heterocycles. The van der Waals surface area contributed by atoms with E-state index in [0.717, 1.165) is 18.5 Å². The topological polar surface area (TPSA) is 12.0 Å². The Hall–Kier alpha value is -1.76. The smallest absolute Gasteiger partial charge is 0.0385 e. The van der Waals surface area contributed by atoms with Gasteiger partial charge in [-0.2, -0.15) is 0 Å². The first-order chi connectivity index (χ1) is 10.0. The largest absolute Gasteiger partial charge is 0.359 e. The second kappa shape index (κ2) is 6.80. The molecule has 1 aliphatic carbocycles. The lowest BCUT2D eigenvalue weighted by molar-refractivity contribution is 0.649. The Kier molecular flexibility index (Phi) is 5.06. The zero-order valence-corrected chi connectivity index (χ0v) is 13.7. The molecule has 0 atom stereocenters. The Bertz CT molecular complexity index is 590. The molecule has 2 rings (SSSR count). The zero-order valence-electron chi connectivity index (χ0n) is 13.7. The van der Waals surface area contributed by atoms with Gasteiger partial charge in [-0.15, -0.1) is 0 Å². The fourth-order valence-corrected chi connectivity index (χ4v) is 2.85. The van der Waals surface area contributed by atoms with E-state index in [1.54, 1.807) is 0 Å². The minimum Gasteiger partial charge on any atom is -0.359 e. The number of aryl methyl sites for hydroxylation is 1. The van der Waals surface area contributed by atoms with Gasteiger partial charge in [0.25, 0.3) is 0 Å². The Morgan fingerprint density at radius 2 is 1.86 bits per heavy atom. The molecule has 0 amide bonds. The summed E-state index contributed by atoms with van der Waals surface area (Å²) in [6.07, 6.45) is 5.92. The van der Waals surface area contributed by atoms with E-state index in [0.29, 0.717) is 0 Å². The van der Waals surface area contributed by atoms with Crippen molar-refractivity contribution in [3.63, 3.8) is 0 Å². The van der Waals surface area contributed by atoms with E-state index in [2.05, 4.69) is 57.4 Å². The van der Waals surface area contributed by atoms with Crippen LogP contribution in [0.25, 0.3) is 11.3 Å². The van der Waals surface area contributed by atoms with E-state index in [1.165, 1.54) is 52.8 Å². The van der Waals surface area contributed by atoms with Gasteiger partial charge < -0.3 is 5.32 Å². The minimum atomic E-state index is 0.979. The molecule has 1 aromatic rings. The summed E-state index contributed by atoms with van der Waals surface area (Å²) >= 11 is 0. The van der Waals surface area contributed by atoms with Crippen molar-refractivity contribution in [3.8, 4) is 0 Å². The third-order valence-electron chi connectivity index (χ3n) is 4.44. The van der Waals surface area contributed by atoms with Crippen molar-refractivity contribution < 1.29 is 0 Å². The predicted molar refractivity (Wildman–Crippen MR) is 93.8 cm³/mol. The van der Waals surface area contributed by atoms with Gasteiger partial charge in [0.2, 0.25) is 0 Å². The third-order valence-corrected chi connectivity index (χ3v) is 4.44. The molecular formula is C20H27N. The van der Waals surface area contributed by atoms with Crippen molar-refractivity contribution >= 4 is 11.3 Å². The molecule has 0 heterocycles. The van der Waals surface area contributed by atoms with Crippen molar-refractivity contribution in [1.82, 2.24) is 5.32 Å². The van der Waals surface area contributed by atoms with Gasteiger partial charge in [-0.25, -0.2) is 0 Å². The zero-order chi connectivity index (χ0) is 15.4. The van der Waals surface area contributed by atoms with Crippen molar-refractivity contribution in [2.45, 2.75) is 52.9 Å². The quantitative estimate of drug-likeness (QED) is 0.716. The number of hydrogen-bond acceptors (Lipinski definition) is 1. The van der Waals surface area contributed by atoms with Gasteiger partial charge in [-0.1, -0.05) is 37.8 Å². The average molecular weight is 281 g/mol. The van der Waals surface area contributed by atoms with Crippen LogP contribution in [0.4, 0.5) is 0 Å². The van der Waals surface area contributed by atoms with E-state index in [-0.39, 0.29) is 0 Å². The molecule has 0 radical (unpaired) electrons. The van der Waals surface area contributed by atoms with Crippen molar-refractivity contribution in [2.75, 3.05) is 0 Å². The lowest BCUT2D eigenvalue weighted by Crippen LogP contribution is -2.16. The highest BCUT2D eigenvalue weighted by Gasteiger charge is 2.12. The van der Waals surface area contributed by atoms with Crippen molar-refractivity contribution in [1.29, 1.82) is 0 Å². The first-order valence-electron chi connectivity index (χ1n) is 7.96. The fraction of sp³-hybridized carbons (Fsp3) is 0.400. The number of nitrogens with one attached hydrogen (secondary N) is 1. The summed E-state index contributed by atoms with van der Waals surface area (Å²) in [7, 11) is 0. The molecule has 0 aliphatic heterocycles. The third kappa shape index (κ3) is 3.66. The molecule has 0 saturated carbocycles. The molecule has 0 bridgehead atoms. The molecule has 1 nitrogen and oxygen atoms in total. The van der Waals surface area contributed by atoms with Crippen LogP contribution in [0.2, 0.25) is 0 Å². The Morgan fingerprint density at radius 1 is 1.14 bits per heavy atom. The number of hydrogen-bond donors (Lipinski definition) is 1. The van der Waals surface area contributed by atoms with E-state index < -0.39 is 0 Å². The molecule has 0 aromatic heterocycles.